The van der Waals surface area contributed by atoms with E-state index >= 15 is 0 Å². The molecular weight excluding hydrogens is 414 g/mol. The molecule has 0 aliphatic carbocycles. The summed E-state index contributed by atoms with van der Waals surface area (Å²) in [5.74, 6) is 0.350. The summed E-state index contributed by atoms with van der Waals surface area (Å²) in [6.07, 6.45) is 8.36. The molecule has 6 heteroatoms. The fourth-order valence-corrected chi connectivity index (χ4v) is 5.48. The monoisotopic (exact) mass is 447 g/mol. The lowest BCUT2D eigenvalue weighted by Crippen LogP contribution is -2.53. The fourth-order valence-electron chi connectivity index (χ4n) is 5.48. The molecule has 33 heavy (non-hydrogen) atoms. The van der Waals surface area contributed by atoms with Crippen molar-refractivity contribution in [2.24, 2.45) is 0 Å². The minimum Gasteiger partial charge on any atom is -0.451 e. The van der Waals surface area contributed by atoms with Crippen molar-refractivity contribution in [2.75, 3.05) is 26.2 Å². The van der Waals surface area contributed by atoms with Gasteiger partial charge in [-0.2, -0.15) is 0 Å². The Bertz CT molecular complexity index is 1130. The predicted molar refractivity (Wildman–Crippen MR) is 128 cm³/mol. The molecule has 0 radical (unpaired) electrons. The average Bonchev–Trinajstić information content (AvgIpc) is 3.15. The molecular formula is C27H33N3O3. The number of hydrogen-bond donors (Lipinski definition) is 1. The Morgan fingerprint density at radius 1 is 1.18 bits per heavy atom. The number of nitrogens with zero attached hydrogens (tertiary/aromatic N) is 3. The van der Waals surface area contributed by atoms with Gasteiger partial charge in [-0.15, -0.1) is 0 Å². The molecule has 1 amide bonds. The smallest absolute Gasteiger partial charge is 0.289 e. The number of piperidine rings is 2. The van der Waals surface area contributed by atoms with Crippen molar-refractivity contribution in [3.63, 3.8) is 0 Å². The van der Waals surface area contributed by atoms with Crippen LogP contribution in [0.15, 0.2) is 47.1 Å². The van der Waals surface area contributed by atoms with E-state index in [0.717, 1.165) is 41.5 Å². The van der Waals surface area contributed by atoms with E-state index in [9.17, 15) is 9.90 Å². The summed E-state index contributed by atoms with van der Waals surface area (Å²) >= 11 is 0. The Balaban J connectivity index is 1.26. The normalized spacial score (nSPS) is 21.4. The number of amides is 1. The van der Waals surface area contributed by atoms with Crippen LogP contribution in [0.5, 0.6) is 0 Å². The summed E-state index contributed by atoms with van der Waals surface area (Å²) in [6.45, 7) is 6.69. The highest BCUT2D eigenvalue weighted by Crippen LogP contribution is 2.35. The van der Waals surface area contributed by atoms with Crippen LogP contribution in [0.2, 0.25) is 0 Å². The number of rotatable bonds is 4. The molecule has 174 valence electrons. The number of carbonyl (C=O) groups excluding carboxylic acids is 1. The molecule has 2 saturated heterocycles. The minimum atomic E-state index is -0.783. The van der Waals surface area contributed by atoms with Crippen molar-refractivity contribution in [3.05, 3.63) is 65.2 Å². The Morgan fingerprint density at radius 3 is 2.76 bits per heavy atom. The largest absolute Gasteiger partial charge is 0.451 e. The molecule has 1 aromatic carbocycles. The van der Waals surface area contributed by atoms with Gasteiger partial charge in [0, 0.05) is 49.0 Å². The number of β-amino-alcohol motifs (C(OH)–C–C–N with tert-alkyl or cyclic N) is 1. The van der Waals surface area contributed by atoms with E-state index in [4.69, 9.17) is 4.42 Å². The van der Waals surface area contributed by atoms with Gasteiger partial charge in [-0.25, -0.2) is 0 Å². The van der Waals surface area contributed by atoms with E-state index in [2.05, 4.69) is 22.0 Å². The first-order valence-corrected chi connectivity index (χ1v) is 12.1. The van der Waals surface area contributed by atoms with Crippen molar-refractivity contribution >= 4 is 16.9 Å². The third-order valence-corrected chi connectivity index (χ3v) is 7.45. The second-order valence-corrected chi connectivity index (χ2v) is 9.84. The molecule has 2 aliphatic heterocycles. The van der Waals surface area contributed by atoms with Gasteiger partial charge < -0.3 is 14.4 Å². The van der Waals surface area contributed by atoms with Crippen molar-refractivity contribution in [2.45, 2.75) is 57.6 Å². The number of furan rings is 1. The maximum absolute atomic E-state index is 13.2. The zero-order chi connectivity index (χ0) is 23.0. The van der Waals surface area contributed by atoms with Crippen LogP contribution in [0.1, 0.15) is 65.4 Å². The maximum Gasteiger partial charge on any atom is 0.289 e. The number of carbonyl (C=O) groups is 1. The summed E-state index contributed by atoms with van der Waals surface area (Å²) in [5, 5.41) is 12.4. The highest BCUT2D eigenvalue weighted by Gasteiger charge is 2.39. The standard InChI is InChI=1S/C27H33N3O3/c1-19-8-9-24-22(16-19)20(2)25(33-24)26(31)29-14-10-27(32,11-15-29)18-30-13-4-3-7-23(30)21-6-5-12-28-17-21/h5-6,8-9,12,16-17,23,32H,3-4,7,10-11,13-15,18H2,1-2H3/t23-/m1/s1. The summed E-state index contributed by atoms with van der Waals surface area (Å²) in [7, 11) is 0. The van der Waals surface area contributed by atoms with E-state index in [0.29, 0.717) is 44.3 Å². The van der Waals surface area contributed by atoms with Crippen LogP contribution in [0, 0.1) is 13.8 Å². The van der Waals surface area contributed by atoms with Crippen LogP contribution in [0.4, 0.5) is 0 Å². The molecule has 4 heterocycles. The molecule has 1 N–H and O–H groups in total. The van der Waals surface area contributed by atoms with Gasteiger partial charge in [0.25, 0.3) is 5.91 Å². The molecule has 2 aliphatic rings. The number of hydrogen-bond acceptors (Lipinski definition) is 5. The maximum atomic E-state index is 13.2. The van der Waals surface area contributed by atoms with Crippen LogP contribution in [-0.4, -0.2) is 57.6 Å². The fraction of sp³-hybridized carbons (Fsp3) is 0.481. The van der Waals surface area contributed by atoms with Crippen LogP contribution in [-0.2, 0) is 0 Å². The average molecular weight is 448 g/mol. The Labute approximate surface area is 195 Å². The predicted octanol–water partition coefficient (Wildman–Crippen LogP) is 4.64. The SMILES string of the molecule is Cc1ccc2oc(C(=O)N3CCC(O)(CN4CCCC[C@@H]4c4cccnc4)CC3)c(C)c2c1. The number of aromatic nitrogens is 1. The molecule has 0 saturated carbocycles. The summed E-state index contributed by atoms with van der Waals surface area (Å²) in [5.41, 5.74) is 3.24. The van der Waals surface area contributed by atoms with Crippen molar-refractivity contribution in [1.82, 2.24) is 14.8 Å². The molecule has 3 aromatic rings. The van der Waals surface area contributed by atoms with Gasteiger partial charge in [-0.1, -0.05) is 24.1 Å². The van der Waals surface area contributed by atoms with E-state index in [1.54, 1.807) is 0 Å². The van der Waals surface area contributed by atoms with E-state index in [-0.39, 0.29) is 5.91 Å². The first-order valence-electron chi connectivity index (χ1n) is 12.1. The number of aryl methyl sites for hydroxylation is 2. The quantitative estimate of drug-likeness (QED) is 0.631. The lowest BCUT2D eigenvalue weighted by molar-refractivity contribution is -0.0543. The van der Waals surface area contributed by atoms with Crippen LogP contribution in [0.3, 0.4) is 0 Å². The third kappa shape index (κ3) is 4.42. The summed E-state index contributed by atoms with van der Waals surface area (Å²) < 4.78 is 5.94. The molecule has 1 atom stereocenters. The van der Waals surface area contributed by atoms with Crippen molar-refractivity contribution < 1.29 is 14.3 Å². The number of pyridine rings is 1. The first-order chi connectivity index (χ1) is 15.9. The van der Waals surface area contributed by atoms with Gasteiger partial charge in [-0.05, 0) is 69.8 Å². The summed E-state index contributed by atoms with van der Waals surface area (Å²) in [4.78, 5) is 21.8. The van der Waals surface area contributed by atoms with Crippen LogP contribution < -0.4 is 0 Å². The highest BCUT2D eigenvalue weighted by molar-refractivity contribution is 5.99. The van der Waals surface area contributed by atoms with E-state index in [1.165, 1.54) is 12.0 Å². The highest BCUT2D eigenvalue weighted by atomic mass is 16.3. The minimum absolute atomic E-state index is 0.0744. The number of fused-ring (bicyclic) bond motifs is 1. The molecule has 2 fully saturated rings. The lowest BCUT2D eigenvalue weighted by Gasteiger charge is -2.44. The zero-order valence-electron chi connectivity index (χ0n) is 19.6. The van der Waals surface area contributed by atoms with Gasteiger partial charge in [0.1, 0.15) is 5.58 Å². The molecule has 2 aromatic heterocycles. The van der Waals surface area contributed by atoms with Gasteiger partial charge in [0.2, 0.25) is 0 Å². The number of aliphatic hydroxyl groups is 1. The second kappa shape index (κ2) is 8.92. The van der Waals surface area contributed by atoms with Crippen LogP contribution >= 0.6 is 0 Å². The summed E-state index contributed by atoms with van der Waals surface area (Å²) in [6, 6.07) is 10.4. The van der Waals surface area contributed by atoms with Crippen molar-refractivity contribution in [1.29, 1.82) is 0 Å². The molecule has 0 bridgehead atoms. The molecule has 0 unspecified atom stereocenters. The van der Waals surface area contributed by atoms with Crippen LogP contribution in [0.25, 0.3) is 11.0 Å². The Kier molecular flexibility index (Phi) is 5.97. The van der Waals surface area contributed by atoms with Gasteiger partial charge in [-0.3, -0.25) is 14.7 Å². The Hall–Kier alpha value is -2.70. The molecule has 6 nitrogen and oxygen atoms in total. The van der Waals surface area contributed by atoms with E-state index < -0.39 is 5.60 Å². The lowest BCUT2D eigenvalue weighted by atomic mass is 9.88. The van der Waals surface area contributed by atoms with Gasteiger partial charge >= 0.3 is 0 Å². The van der Waals surface area contributed by atoms with Crippen molar-refractivity contribution in [3.8, 4) is 0 Å². The second-order valence-electron chi connectivity index (χ2n) is 9.84. The topological polar surface area (TPSA) is 69.8 Å². The van der Waals surface area contributed by atoms with E-state index in [1.807, 2.05) is 49.3 Å². The number of likely N-dealkylation sites (tertiary alicyclic amines) is 2. The number of benzene rings is 1. The molecule has 0 spiro atoms. The third-order valence-electron chi connectivity index (χ3n) is 7.45. The van der Waals surface area contributed by atoms with Gasteiger partial charge in [0.15, 0.2) is 5.76 Å². The van der Waals surface area contributed by atoms with Gasteiger partial charge in [0.05, 0.1) is 5.60 Å². The molecule has 5 rings (SSSR count). The first kappa shape index (κ1) is 22.1. The zero-order valence-corrected chi connectivity index (χ0v) is 19.6. The Morgan fingerprint density at radius 2 is 2.00 bits per heavy atom.